The molecular weight excluding hydrogens is 402 g/mol. The minimum atomic E-state index is -0.552. The molecule has 0 saturated heterocycles. The van der Waals surface area contributed by atoms with Crippen LogP contribution in [0.25, 0.3) is 21.5 Å². The average molecular weight is 413 g/mol. The van der Waals surface area contributed by atoms with Gasteiger partial charge in [0.2, 0.25) is 5.82 Å². The highest BCUT2D eigenvalue weighted by atomic mass is 32.1. The first-order chi connectivity index (χ1) is 13.5. The Morgan fingerprint density at radius 2 is 2.11 bits per heavy atom. The third-order valence-electron chi connectivity index (χ3n) is 3.70. The van der Waals surface area contributed by atoms with Crippen LogP contribution >= 0.6 is 22.7 Å². The number of nitro groups is 1. The first kappa shape index (κ1) is 17.9. The molecule has 1 N–H and O–H groups in total. The van der Waals surface area contributed by atoms with Crippen molar-refractivity contribution >= 4 is 39.4 Å². The molecule has 11 heteroatoms. The summed E-state index contributed by atoms with van der Waals surface area (Å²) in [7, 11) is 0. The fourth-order valence-electron chi connectivity index (χ4n) is 2.40. The number of rotatable bonds is 5. The molecule has 0 aliphatic rings. The lowest BCUT2D eigenvalue weighted by Crippen LogP contribution is -2.11. The standard InChI is InChI=1S/C17H11N5O4S2/c1-9-13(16-19-14(21-26-16)12-6-3-7-27-12)28-17(18-9)20-15(23)10-4-2-5-11(8-10)22(24)25/h2-8H,1H3,(H,18,20,23). The van der Waals surface area contributed by atoms with Gasteiger partial charge in [0.1, 0.15) is 4.88 Å². The molecule has 0 fully saturated rings. The van der Waals surface area contributed by atoms with Crippen molar-refractivity contribution in [3.05, 3.63) is 63.1 Å². The van der Waals surface area contributed by atoms with Gasteiger partial charge in [-0.15, -0.1) is 11.3 Å². The Labute approximate surface area is 165 Å². The molecule has 3 aromatic heterocycles. The Kier molecular flexibility index (Phi) is 4.67. The molecule has 140 valence electrons. The zero-order valence-corrected chi connectivity index (χ0v) is 15.9. The molecule has 0 unspecified atom stereocenters. The van der Waals surface area contributed by atoms with Gasteiger partial charge in [0.15, 0.2) is 5.13 Å². The summed E-state index contributed by atoms with van der Waals surface area (Å²) in [6.07, 6.45) is 0. The molecule has 0 spiro atoms. The van der Waals surface area contributed by atoms with Gasteiger partial charge in [-0.2, -0.15) is 4.98 Å². The summed E-state index contributed by atoms with van der Waals surface area (Å²) >= 11 is 2.69. The van der Waals surface area contributed by atoms with E-state index < -0.39 is 10.8 Å². The highest BCUT2D eigenvalue weighted by Crippen LogP contribution is 2.33. The predicted molar refractivity (Wildman–Crippen MR) is 105 cm³/mol. The van der Waals surface area contributed by atoms with Crippen molar-refractivity contribution in [1.82, 2.24) is 15.1 Å². The Balaban J connectivity index is 1.56. The van der Waals surface area contributed by atoms with E-state index in [0.717, 1.165) is 4.88 Å². The van der Waals surface area contributed by atoms with Crippen molar-refractivity contribution in [1.29, 1.82) is 0 Å². The SMILES string of the molecule is Cc1nc(NC(=O)c2cccc([N+](=O)[O-])c2)sc1-c1nc(-c2cccs2)no1. The lowest BCUT2D eigenvalue weighted by molar-refractivity contribution is -0.384. The number of thiophene rings is 1. The fraction of sp³-hybridized carbons (Fsp3) is 0.0588. The summed E-state index contributed by atoms with van der Waals surface area (Å²) in [5, 5.41) is 19.7. The van der Waals surface area contributed by atoms with Crippen LogP contribution in [0.1, 0.15) is 16.1 Å². The molecule has 4 rings (SSSR count). The molecule has 4 aromatic rings. The number of anilines is 1. The van der Waals surface area contributed by atoms with Crippen molar-refractivity contribution in [2.75, 3.05) is 5.32 Å². The van der Waals surface area contributed by atoms with Crippen LogP contribution < -0.4 is 5.32 Å². The molecule has 0 bridgehead atoms. The van der Waals surface area contributed by atoms with E-state index in [1.807, 2.05) is 17.5 Å². The Bertz CT molecular complexity index is 1170. The maximum atomic E-state index is 12.4. The van der Waals surface area contributed by atoms with Crippen molar-refractivity contribution in [3.8, 4) is 21.5 Å². The van der Waals surface area contributed by atoms with E-state index >= 15 is 0 Å². The highest BCUT2D eigenvalue weighted by molar-refractivity contribution is 7.19. The second-order valence-electron chi connectivity index (χ2n) is 5.60. The number of carbonyl (C=O) groups excluding carboxylic acids is 1. The molecule has 0 aliphatic heterocycles. The summed E-state index contributed by atoms with van der Waals surface area (Å²) in [6.45, 7) is 1.77. The maximum absolute atomic E-state index is 12.4. The average Bonchev–Trinajstić information content (AvgIpc) is 3.42. The van der Waals surface area contributed by atoms with Crippen LogP contribution in [0.5, 0.6) is 0 Å². The normalized spacial score (nSPS) is 10.8. The first-order valence-corrected chi connectivity index (χ1v) is 9.62. The van der Waals surface area contributed by atoms with E-state index in [-0.39, 0.29) is 11.3 Å². The number of carbonyl (C=O) groups is 1. The zero-order chi connectivity index (χ0) is 19.7. The second-order valence-corrected chi connectivity index (χ2v) is 7.54. The molecule has 0 aliphatic carbocycles. The minimum absolute atomic E-state index is 0.157. The highest BCUT2D eigenvalue weighted by Gasteiger charge is 2.19. The van der Waals surface area contributed by atoms with E-state index in [0.29, 0.717) is 27.4 Å². The van der Waals surface area contributed by atoms with Gasteiger partial charge in [-0.25, -0.2) is 4.98 Å². The van der Waals surface area contributed by atoms with Gasteiger partial charge in [0.05, 0.1) is 15.5 Å². The van der Waals surface area contributed by atoms with E-state index in [1.54, 1.807) is 6.92 Å². The Morgan fingerprint density at radius 1 is 1.25 bits per heavy atom. The zero-order valence-electron chi connectivity index (χ0n) is 14.3. The quantitative estimate of drug-likeness (QED) is 0.380. The van der Waals surface area contributed by atoms with Crippen molar-refractivity contribution in [2.45, 2.75) is 6.92 Å². The topological polar surface area (TPSA) is 124 Å². The van der Waals surface area contributed by atoms with Crippen molar-refractivity contribution < 1.29 is 14.2 Å². The second kappa shape index (κ2) is 7.29. The number of aryl methyl sites for hydroxylation is 1. The van der Waals surface area contributed by atoms with Crippen LogP contribution in [0.15, 0.2) is 46.3 Å². The number of nitrogens with zero attached hydrogens (tertiary/aromatic N) is 4. The summed E-state index contributed by atoms with van der Waals surface area (Å²) in [4.78, 5) is 32.9. The summed E-state index contributed by atoms with van der Waals surface area (Å²) < 4.78 is 5.33. The van der Waals surface area contributed by atoms with E-state index in [9.17, 15) is 14.9 Å². The van der Waals surface area contributed by atoms with Crippen molar-refractivity contribution in [2.24, 2.45) is 0 Å². The largest absolute Gasteiger partial charge is 0.333 e. The molecule has 9 nitrogen and oxygen atoms in total. The minimum Gasteiger partial charge on any atom is -0.333 e. The number of non-ortho nitro benzene ring substituents is 1. The van der Waals surface area contributed by atoms with Gasteiger partial charge >= 0.3 is 0 Å². The van der Waals surface area contributed by atoms with E-state index in [4.69, 9.17) is 4.52 Å². The summed E-state index contributed by atoms with van der Waals surface area (Å²) in [5.41, 5.74) is 0.637. The summed E-state index contributed by atoms with van der Waals surface area (Å²) in [6, 6.07) is 9.27. The van der Waals surface area contributed by atoms with E-state index in [1.165, 1.54) is 46.9 Å². The number of amides is 1. The third-order valence-corrected chi connectivity index (χ3v) is 5.62. The lowest BCUT2D eigenvalue weighted by atomic mass is 10.2. The first-order valence-electron chi connectivity index (χ1n) is 7.92. The molecule has 0 atom stereocenters. The van der Waals surface area contributed by atoms with E-state index in [2.05, 4.69) is 20.4 Å². The van der Waals surface area contributed by atoms with Gasteiger partial charge in [0.25, 0.3) is 17.5 Å². The number of aromatic nitrogens is 3. The monoisotopic (exact) mass is 413 g/mol. The van der Waals surface area contributed by atoms with Crippen LogP contribution in [-0.2, 0) is 0 Å². The maximum Gasteiger partial charge on any atom is 0.270 e. The van der Waals surface area contributed by atoms with Gasteiger partial charge in [0, 0.05) is 17.7 Å². The molecule has 28 heavy (non-hydrogen) atoms. The number of hydrogen-bond acceptors (Lipinski definition) is 9. The van der Waals surface area contributed by atoms with Gasteiger partial charge < -0.3 is 4.52 Å². The number of thiazole rings is 1. The van der Waals surface area contributed by atoms with Crippen LogP contribution in [0.4, 0.5) is 10.8 Å². The fourth-order valence-corrected chi connectivity index (χ4v) is 3.93. The number of hydrogen-bond donors (Lipinski definition) is 1. The van der Waals surface area contributed by atoms with Gasteiger partial charge in [-0.3, -0.25) is 20.2 Å². The van der Waals surface area contributed by atoms with Gasteiger partial charge in [-0.1, -0.05) is 28.6 Å². The number of benzene rings is 1. The Morgan fingerprint density at radius 3 is 2.86 bits per heavy atom. The smallest absolute Gasteiger partial charge is 0.270 e. The summed E-state index contributed by atoms with van der Waals surface area (Å²) in [5.74, 6) is 0.308. The molecule has 1 aromatic carbocycles. The van der Waals surface area contributed by atoms with Crippen LogP contribution in [0.2, 0.25) is 0 Å². The van der Waals surface area contributed by atoms with Crippen LogP contribution in [0, 0.1) is 17.0 Å². The molecule has 3 heterocycles. The third kappa shape index (κ3) is 3.52. The van der Waals surface area contributed by atoms with Crippen LogP contribution in [-0.4, -0.2) is 26.0 Å². The lowest BCUT2D eigenvalue weighted by Gasteiger charge is -2.01. The molecular formula is C17H11N5O4S2. The molecule has 1 amide bonds. The predicted octanol–water partition coefficient (Wildman–Crippen LogP) is 4.39. The number of nitrogens with one attached hydrogen (secondary N) is 1. The molecule has 0 radical (unpaired) electrons. The van der Waals surface area contributed by atoms with Gasteiger partial charge in [-0.05, 0) is 24.4 Å². The van der Waals surface area contributed by atoms with Crippen molar-refractivity contribution in [3.63, 3.8) is 0 Å². The molecule has 0 saturated carbocycles. The Hall–Kier alpha value is -3.44. The number of nitro benzene ring substituents is 1. The van der Waals surface area contributed by atoms with Crippen LogP contribution in [0.3, 0.4) is 0 Å².